The van der Waals surface area contributed by atoms with Crippen LogP contribution in [0.3, 0.4) is 0 Å². The Labute approximate surface area is 99.6 Å². The van der Waals surface area contributed by atoms with E-state index >= 15 is 0 Å². The smallest absolute Gasteiger partial charge is 0.326 e. The number of nitrogens with zero attached hydrogens (tertiary/aromatic N) is 2. The van der Waals surface area contributed by atoms with E-state index in [1.165, 1.54) is 4.68 Å². The first-order chi connectivity index (χ1) is 7.99. The van der Waals surface area contributed by atoms with Gasteiger partial charge in [0.2, 0.25) is 0 Å². The standard InChI is InChI=1S/C11H17N3O3/c1-4-7-6-9(14(3)13-7)10(15)12-8(5-2)11(16)17/h6,8H,4-5H2,1-3H3,(H,12,15)(H,16,17)/t8-/m1/s1. The van der Waals surface area contributed by atoms with Gasteiger partial charge in [0.05, 0.1) is 5.69 Å². The molecule has 0 fully saturated rings. The summed E-state index contributed by atoms with van der Waals surface area (Å²) in [4.78, 5) is 22.6. The third-order valence-corrected chi connectivity index (χ3v) is 2.54. The van der Waals surface area contributed by atoms with Crippen LogP contribution in [0, 0.1) is 0 Å². The first kappa shape index (κ1) is 13.2. The minimum atomic E-state index is -1.03. The van der Waals surface area contributed by atoms with Crippen LogP contribution in [0.4, 0.5) is 0 Å². The van der Waals surface area contributed by atoms with Gasteiger partial charge in [-0.05, 0) is 18.9 Å². The van der Waals surface area contributed by atoms with E-state index in [0.29, 0.717) is 12.1 Å². The number of aryl methyl sites for hydroxylation is 2. The van der Waals surface area contributed by atoms with E-state index < -0.39 is 17.9 Å². The Hall–Kier alpha value is -1.85. The van der Waals surface area contributed by atoms with Crippen molar-refractivity contribution in [1.82, 2.24) is 15.1 Å². The summed E-state index contributed by atoms with van der Waals surface area (Å²) in [6.45, 7) is 3.65. The third kappa shape index (κ3) is 3.05. The quantitative estimate of drug-likeness (QED) is 0.787. The molecule has 1 rings (SSSR count). The lowest BCUT2D eigenvalue weighted by atomic mass is 10.2. The molecular weight excluding hydrogens is 222 g/mol. The molecule has 0 bridgehead atoms. The van der Waals surface area contributed by atoms with Crippen molar-refractivity contribution in [2.45, 2.75) is 32.7 Å². The van der Waals surface area contributed by atoms with Crippen molar-refractivity contribution in [3.63, 3.8) is 0 Å². The number of carbonyl (C=O) groups is 2. The van der Waals surface area contributed by atoms with E-state index in [9.17, 15) is 9.59 Å². The Morgan fingerprint density at radius 2 is 2.18 bits per heavy atom. The maximum absolute atomic E-state index is 11.8. The van der Waals surface area contributed by atoms with Gasteiger partial charge in [-0.2, -0.15) is 5.10 Å². The molecule has 1 amide bonds. The van der Waals surface area contributed by atoms with E-state index in [1.54, 1.807) is 20.0 Å². The van der Waals surface area contributed by atoms with Crippen molar-refractivity contribution < 1.29 is 14.7 Å². The molecule has 0 aliphatic rings. The average Bonchev–Trinajstić information content (AvgIpc) is 2.66. The van der Waals surface area contributed by atoms with E-state index in [4.69, 9.17) is 5.11 Å². The van der Waals surface area contributed by atoms with Crippen molar-refractivity contribution in [3.05, 3.63) is 17.5 Å². The Bertz CT molecular complexity index is 426. The Morgan fingerprint density at radius 3 is 2.59 bits per heavy atom. The number of rotatable bonds is 5. The van der Waals surface area contributed by atoms with Gasteiger partial charge in [0.25, 0.3) is 5.91 Å². The highest BCUT2D eigenvalue weighted by Gasteiger charge is 2.20. The number of carboxylic acids is 1. The molecule has 0 radical (unpaired) electrons. The van der Waals surface area contributed by atoms with Gasteiger partial charge >= 0.3 is 5.97 Å². The van der Waals surface area contributed by atoms with Gasteiger partial charge in [0.1, 0.15) is 11.7 Å². The molecule has 1 aromatic rings. The molecule has 2 N–H and O–H groups in total. The first-order valence-corrected chi connectivity index (χ1v) is 5.56. The fourth-order valence-electron chi connectivity index (χ4n) is 1.48. The summed E-state index contributed by atoms with van der Waals surface area (Å²) in [5.74, 6) is -1.44. The molecule has 6 heteroatoms. The summed E-state index contributed by atoms with van der Waals surface area (Å²) in [6, 6.07) is 0.812. The number of carboxylic acid groups (broad SMARTS) is 1. The molecule has 0 aliphatic heterocycles. The van der Waals surface area contributed by atoms with E-state index in [0.717, 1.165) is 12.1 Å². The molecule has 1 heterocycles. The number of amides is 1. The van der Waals surface area contributed by atoms with Crippen LogP contribution in [0.2, 0.25) is 0 Å². The molecular formula is C11H17N3O3. The highest BCUT2D eigenvalue weighted by molar-refractivity contribution is 5.95. The fraction of sp³-hybridized carbons (Fsp3) is 0.545. The van der Waals surface area contributed by atoms with Crippen LogP contribution in [-0.2, 0) is 18.3 Å². The van der Waals surface area contributed by atoms with Crippen LogP contribution in [0.15, 0.2) is 6.07 Å². The highest BCUT2D eigenvalue weighted by atomic mass is 16.4. The van der Waals surface area contributed by atoms with Crippen molar-refractivity contribution in [2.75, 3.05) is 0 Å². The Morgan fingerprint density at radius 1 is 1.53 bits per heavy atom. The summed E-state index contributed by atoms with van der Waals surface area (Å²) in [5, 5.41) is 15.5. The van der Waals surface area contributed by atoms with E-state index in [1.807, 2.05) is 6.92 Å². The number of nitrogens with one attached hydrogen (secondary N) is 1. The lowest BCUT2D eigenvalue weighted by molar-refractivity contribution is -0.139. The first-order valence-electron chi connectivity index (χ1n) is 5.56. The van der Waals surface area contributed by atoms with Gasteiger partial charge in [-0.25, -0.2) is 4.79 Å². The predicted molar refractivity (Wildman–Crippen MR) is 61.8 cm³/mol. The van der Waals surface area contributed by atoms with Crippen LogP contribution in [-0.4, -0.2) is 32.8 Å². The summed E-state index contributed by atoms with van der Waals surface area (Å²) in [6.07, 6.45) is 1.08. The van der Waals surface area contributed by atoms with Crippen molar-refractivity contribution in [3.8, 4) is 0 Å². The SMILES string of the molecule is CCc1cc(C(=O)N[C@H](CC)C(=O)O)n(C)n1. The third-order valence-electron chi connectivity index (χ3n) is 2.54. The molecule has 94 valence electrons. The lowest BCUT2D eigenvalue weighted by Crippen LogP contribution is -2.40. The van der Waals surface area contributed by atoms with Gasteiger partial charge < -0.3 is 10.4 Å². The van der Waals surface area contributed by atoms with Crippen molar-refractivity contribution in [1.29, 1.82) is 0 Å². The van der Waals surface area contributed by atoms with Gasteiger partial charge in [-0.1, -0.05) is 13.8 Å². The van der Waals surface area contributed by atoms with Crippen molar-refractivity contribution >= 4 is 11.9 Å². The van der Waals surface area contributed by atoms with Crippen LogP contribution in [0.5, 0.6) is 0 Å². The Kier molecular flexibility index (Phi) is 4.25. The van der Waals surface area contributed by atoms with Gasteiger partial charge in [-0.15, -0.1) is 0 Å². The molecule has 0 unspecified atom stereocenters. The zero-order chi connectivity index (χ0) is 13.0. The second-order valence-electron chi connectivity index (χ2n) is 3.77. The normalized spacial score (nSPS) is 12.2. The number of carbonyl (C=O) groups excluding carboxylic acids is 1. The molecule has 0 saturated heterocycles. The average molecular weight is 239 g/mol. The Balaban J connectivity index is 2.82. The molecule has 0 aromatic carbocycles. The monoisotopic (exact) mass is 239 g/mol. The summed E-state index contributed by atoms with van der Waals surface area (Å²) >= 11 is 0. The maximum atomic E-state index is 11.8. The molecule has 17 heavy (non-hydrogen) atoms. The summed E-state index contributed by atoms with van der Waals surface area (Å²) < 4.78 is 1.46. The lowest BCUT2D eigenvalue weighted by Gasteiger charge is -2.11. The highest BCUT2D eigenvalue weighted by Crippen LogP contribution is 2.04. The second kappa shape index (κ2) is 5.47. The molecule has 0 saturated carbocycles. The van der Waals surface area contributed by atoms with Crippen LogP contribution in [0.1, 0.15) is 36.5 Å². The predicted octanol–water partition coefficient (Wildman–Crippen LogP) is 0.575. The van der Waals surface area contributed by atoms with E-state index in [-0.39, 0.29) is 0 Å². The van der Waals surface area contributed by atoms with Gasteiger partial charge in [0.15, 0.2) is 0 Å². The van der Waals surface area contributed by atoms with Gasteiger partial charge in [0, 0.05) is 7.05 Å². The zero-order valence-corrected chi connectivity index (χ0v) is 10.2. The summed E-state index contributed by atoms with van der Waals surface area (Å²) in [5.41, 5.74) is 1.18. The molecule has 0 aliphatic carbocycles. The molecule has 1 aromatic heterocycles. The minimum Gasteiger partial charge on any atom is -0.480 e. The number of aliphatic carboxylic acids is 1. The minimum absolute atomic E-state index is 0.347. The van der Waals surface area contributed by atoms with Crippen LogP contribution < -0.4 is 5.32 Å². The largest absolute Gasteiger partial charge is 0.480 e. The maximum Gasteiger partial charge on any atom is 0.326 e. The molecule has 0 spiro atoms. The number of hydrogen-bond acceptors (Lipinski definition) is 3. The van der Waals surface area contributed by atoms with E-state index in [2.05, 4.69) is 10.4 Å². The van der Waals surface area contributed by atoms with Crippen molar-refractivity contribution in [2.24, 2.45) is 7.05 Å². The summed E-state index contributed by atoms with van der Waals surface area (Å²) in [7, 11) is 1.66. The van der Waals surface area contributed by atoms with Gasteiger partial charge in [-0.3, -0.25) is 9.48 Å². The second-order valence-corrected chi connectivity index (χ2v) is 3.77. The van der Waals surface area contributed by atoms with Crippen LogP contribution >= 0.6 is 0 Å². The molecule has 6 nitrogen and oxygen atoms in total. The topological polar surface area (TPSA) is 84.2 Å². The number of hydrogen-bond donors (Lipinski definition) is 2. The number of aromatic nitrogens is 2. The fourth-order valence-corrected chi connectivity index (χ4v) is 1.48. The van der Waals surface area contributed by atoms with Crippen LogP contribution in [0.25, 0.3) is 0 Å². The molecule has 1 atom stereocenters. The zero-order valence-electron chi connectivity index (χ0n) is 10.2.